The van der Waals surface area contributed by atoms with E-state index in [9.17, 15) is 4.79 Å². The number of nitrogens with one attached hydrogen (secondary N) is 1. The Hall–Kier alpha value is -1.84. The third-order valence-corrected chi connectivity index (χ3v) is 1.90. The second kappa shape index (κ2) is 3.91. The molecule has 0 aromatic heterocycles. The first-order valence-electron chi connectivity index (χ1n) is 4.41. The molecule has 1 heterocycles. The van der Waals surface area contributed by atoms with Crippen LogP contribution in [0.4, 0.5) is 5.69 Å². The molecule has 0 radical (unpaired) electrons. The Labute approximate surface area is 81.6 Å². The normalized spacial score (nSPS) is 18.3. The number of nitrogens with zero attached hydrogens (tertiary/aromatic N) is 1. The molecule has 0 bridgehead atoms. The lowest BCUT2D eigenvalue weighted by molar-refractivity contribution is -0.132. The maximum absolute atomic E-state index is 11.0. The van der Waals surface area contributed by atoms with Gasteiger partial charge in [0, 0.05) is 6.42 Å². The minimum absolute atomic E-state index is 0.326. The van der Waals surface area contributed by atoms with Gasteiger partial charge in [0.2, 0.25) is 0 Å². The fourth-order valence-electron chi connectivity index (χ4n) is 1.17. The molecule has 0 spiro atoms. The molecule has 1 N–H and O–H groups in total. The Morgan fingerprint density at radius 2 is 2.07 bits per heavy atom. The number of hydrogen-bond acceptors (Lipinski definition) is 4. The molecular formula is C10H10N2O2. The molecule has 0 aliphatic carbocycles. The number of para-hydroxylation sites is 1. The van der Waals surface area contributed by atoms with Crippen LogP contribution in [0.2, 0.25) is 0 Å². The van der Waals surface area contributed by atoms with E-state index in [-0.39, 0.29) is 5.97 Å². The molecule has 1 saturated heterocycles. The predicted octanol–water partition coefficient (Wildman–Crippen LogP) is 1.40. The zero-order valence-corrected chi connectivity index (χ0v) is 7.56. The number of ether oxygens (including phenoxy) is 1. The van der Waals surface area contributed by atoms with E-state index in [2.05, 4.69) is 10.5 Å². The van der Waals surface area contributed by atoms with Gasteiger partial charge in [-0.15, -0.1) is 0 Å². The van der Waals surface area contributed by atoms with Crippen molar-refractivity contribution in [1.82, 2.24) is 0 Å². The maximum Gasteiger partial charge on any atom is 0.354 e. The first-order valence-corrected chi connectivity index (χ1v) is 4.41. The monoisotopic (exact) mass is 190 g/mol. The van der Waals surface area contributed by atoms with Gasteiger partial charge in [-0.2, -0.15) is 5.10 Å². The van der Waals surface area contributed by atoms with Gasteiger partial charge in [-0.25, -0.2) is 4.79 Å². The highest BCUT2D eigenvalue weighted by atomic mass is 16.5. The molecule has 4 heteroatoms. The minimum Gasteiger partial charge on any atom is -0.461 e. The first kappa shape index (κ1) is 8.74. The number of esters is 1. The molecule has 2 rings (SSSR count). The summed E-state index contributed by atoms with van der Waals surface area (Å²) in [5, 5.41) is 3.97. The molecule has 4 nitrogen and oxygen atoms in total. The lowest BCUT2D eigenvalue weighted by Gasteiger charge is -1.98. The fraction of sp³-hybridized carbons (Fsp3) is 0.200. The van der Waals surface area contributed by atoms with Crippen molar-refractivity contribution in [2.75, 3.05) is 12.0 Å². The van der Waals surface area contributed by atoms with Gasteiger partial charge in [0.05, 0.1) is 12.3 Å². The second-order valence-electron chi connectivity index (χ2n) is 2.92. The van der Waals surface area contributed by atoms with Crippen LogP contribution in [0.25, 0.3) is 0 Å². The van der Waals surface area contributed by atoms with E-state index in [0.29, 0.717) is 18.7 Å². The average Bonchev–Trinajstić information content (AvgIpc) is 2.63. The third kappa shape index (κ3) is 1.90. The Morgan fingerprint density at radius 3 is 2.71 bits per heavy atom. The molecule has 1 fully saturated rings. The van der Waals surface area contributed by atoms with Gasteiger partial charge in [0.25, 0.3) is 0 Å². The molecular weight excluding hydrogens is 180 g/mol. The van der Waals surface area contributed by atoms with Crippen LogP contribution in [0.1, 0.15) is 6.42 Å². The number of carbonyl (C=O) groups excluding carboxylic acids is 1. The van der Waals surface area contributed by atoms with E-state index in [0.717, 1.165) is 5.69 Å². The minimum atomic E-state index is -0.326. The molecule has 1 aromatic carbocycles. The summed E-state index contributed by atoms with van der Waals surface area (Å²) in [5.41, 5.74) is 4.12. The Kier molecular flexibility index (Phi) is 2.44. The Balaban J connectivity index is 2.03. The number of hydrogen-bond donors (Lipinski definition) is 1. The highest BCUT2D eigenvalue weighted by Gasteiger charge is 2.20. The zero-order chi connectivity index (χ0) is 9.80. The van der Waals surface area contributed by atoms with Crippen molar-refractivity contribution >= 4 is 17.4 Å². The highest BCUT2D eigenvalue weighted by Crippen LogP contribution is 2.07. The van der Waals surface area contributed by atoms with Gasteiger partial charge in [-0.05, 0) is 12.1 Å². The third-order valence-electron chi connectivity index (χ3n) is 1.90. The molecule has 72 valence electrons. The van der Waals surface area contributed by atoms with Crippen molar-refractivity contribution in [2.24, 2.45) is 5.10 Å². The number of carbonyl (C=O) groups is 1. The molecule has 0 saturated carbocycles. The van der Waals surface area contributed by atoms with Crippen molar-refractivity contribution in [3.05, 3.63) is 30.3 Å². The molecule has 1 aliphatic heterocycles. The van der Waals surface area contributed by atoms with E-state index in [1.165, 1.54) is 0 Å². The second-order valence-corrected chi connectivity index (χ2v) is 2.92. The summed E-state index contributed by atoms with van der Waals surface area (Å²) < 4.78 is 4.74. The average molecular weight is 190 g/mol. The van der Waals surface area contributed by atoms with E-state index in [1.807, 2.05) is 30.3 Å². The van der Waals surface area contributed by atoms with Crippen LogP contribution in [-0.2, 0) is 9.53 Å². The van der Waals surface area contributed by atoms with Crippen molar-refractivity contribution in [2.45, 2.75) is 6.42 Å². The molecule has 0 amide bonds. The van der Waals surface area contributed by atoms with E-state index in [1.54, 1.807) is 0 Å². The van der Waals surface area contributed by atoms with Crippen LogP contribution in [0.15, 0.2) is 35.4 Å². The van der Waals surface area contributed by atoms with Gasteiger partial charge in [-0.3, -0.25) is 5.43 Å². The smallest absolute Gasteiger partial charge is 0.354 e. The summed E-state index contributed by atoms with van der Waals surface area (Å²) in [6.07, 6.45) is 0.582. The van der Waals surface area contributed by atoms with Crippen LogP contribution in [-0.4, -0.2) is 18.3 Å². The number of cyclic esters (lactones) is 1. The SMILES string of the molecule is O=C1OCC/C1=N\Nc1ccccc1. The van der Waals surface area contributed by atoms with Crippen LogP contribution < -0.4 is 5.43 Å². The lowest BCUT2D eigenvalue weighted by Crippen LogP contribution is -2.08. The van der Waals surface area contributed by atoms with Gasteiger partial charge in [0.1, 0.15) is 5.71 Å². The zero-order valence-electron chi connectivity index (χ0n) is 7.56. The van der Waals surface area contributed by atoms with Crippen LogP contribution in [0, 0.1) is 0 Å². The quantitative estimate of drug-likeness (QED) is 0.566. The summed E-state index contributed by atoms with van der Waals surface area (Å²) in [6.45, 7) is 0.439. The molecule has 0 unspecified atom stereocenters. The van der Waals surface area contributed by atoms with Gasteiger partial charge >= 0.3 is 5.97 Å². The summed E-state index contributed by atoms with van der Waals surface area (Å²) in [5.74, 6) is -0.326. The summed E-state index contributed by atoms with van der Waals surface area (Å²) >= 11 is 0. The van der Waals surface area contributed by atoms with E-state index < -0.39 is 0 Å². The van der Waals surface area contributed by atoms with Gasteiger partial charge < -0.3 is 4.74 Å². The maximum atomic E-state index is 11.0. The standard InChI is InChI=1S/C10H10N2O2/c13-10-9(6-7-14-10)12-11-8-4-2-1-3-5-8/h1-5,11H,6-7H2/b12-9+. The van der Waals surface area contributed by atoms with Crippen LogP contribution in [0.5, 0.6) is 0 Å². The van der Waals surface area contributed by atoms with E-state index >= 15 is 0 Å². The van der Waals surface area contributed by atoms with Crippen molar-refractivity contribution in [3.63, 3.8) is 0 Å². The Bertz CT molecular complexity index is 360. The topological polar surface area (TPSA) is 50.7 Å². The van der Waals surface area contributed by atoms with Crippen LogP contribution in [0.3, 0.4) is 0 Å². The fourth-order valence-corrected chi connectivity index (χ4v) is 1.17. The highest BCUT2D eigenvalue weighted by molar-refractivity contribution is 6.38. The largest absolute Gasteiger partial charge is 0.461 e. The molecule has 1 aliphatic rings. The van der Waals surface area contributed by atoms with E-state index in [4.69, 9.17) is 4.74 Å². The number of rotatable bonds is 2. The summed E-state index contributed by atoms with van der Waals surface area (Å²) in [6, 6.07) is 9.47. The Morgan fingerprint density at radius 1 is 1.29 bits per heavy atom. The van der Waals surface area contributed by atoms with Crippen molar-refractivity contribution in [1.29, 1.82) is 0 Å². The van der Waals surface area contributed by atoms with Gasteiger partial charge in [-0.1, -0.05) is 18.2 Å². The predicted molar refractivity (Wildman–Crippen MR) is 53.1 cm³/mol. The van der Waals surface area contributed by atoms with Gasteiger partial charge in [0.15, 0.2) is 0 Å². The number of hydrazone groups is 1. The number of benzene rings is 1. The molecule has 1 aromatic rings. The molecule has 0 atom stereocenters. The first-order chi connectivity index (χ1) is 6.86. The summed E-state index contributed by atoms with van der Waals surface area (Å²) in [4.78, 5) is 11.0. The number of anilines is 1. The lowest BCUT2D eigenvalue weighted by atomic mass is 10.3. The van der Waals surface area contributed by atoms with Crippen molar-refractivity contribution in [3.8, 4) is 0 Å². The van der Waals surface area contributed by atoms with Crippen LogP contribution >= 0.6 is 0 Å². The summed E-state index contributed by atoms with van der Waals surface area (Å²) in [7, 11) is 0. The van der Waals surface area contributed by atoms with Crippen molar-refractivity contribution < 1.29 is 9.53 Å². The molecule has 14 heavy (non-hydrogen) atoms.